The van der Waals surface area contributed by atoms with Crippen LogP contribution in [-0.4, -0.2) is 51.5 Å². The summed E-state index contributed by atoms with van der Waals surface area (Å²) < 4.78 is 0. The molecule has 2 aromatic carbocycles. The van der Waals surface area contributed by atoms with Crippen LogP contribution in [0, 0.1) is 6.92 Å². The highest BCUT2D eigenvalue weighted by Crippen LogP contribution is 2.40. The van der Waals surface area contributed by atoms with Crippen LogP contribution < -0.4 is 16.0 Å². The molecule has 0 saturated carbocycles. The fraction of sp³-hybridized carbons (Fsp3) is 0.379. The molecular weight excluding hydrogens is 516 g/mol. The second kappa shape index (κ2) is 10.8. The topological polar surface area (TPSA) is 119 Å². The number of carbonyl (C=O) groups is 2. The lowest BCUT2D eigenvalue weighted by molar-refractivity contribution is -0.135. The number of benzene rings is 2. The van der Waals surface area contributed by atoms with Gasteiger partial charge < -0.3 is 26.0 Å². The number of fused-ring (bicyclic) bond motifs is 1. The van der Waals surface area contributed by atoms with Crippen LogP contribution in [0.4, 0.5) is 23.1 Å². The molecule has 39 heavy (non-hydrogen) atoms. The van der Waals surface area contributed by atoms with Gasteiger partial charge in [0.15, 0.2) is 5.82 Å². The highest BCUT2D eigenvalue weighted by atomic mass is 35.5. The van der Waals surface area contributed by atoms with E-state index in [4.69, 9.17) is 16.7 Å². The van der Waals surface area contributed by atoms with E-state index in [1.165, 1.54) is 5.56 Å². The van der Waals surface area contributed by atoms with Crippen LogP contribution in [0.25, 0.3) is 0 Å². The minimum atomic E-state index is -0.618. The monoisotopic (exact) mass is 548 g/mol. The van der Waals surface area contributed by atoms with Gasteiger partial charge in [-0.25, -0.2) is 4.98 Å². The van der Waals surface area contributed by atoms with Crippen molar-refractivity contribution in [3.05, 3.63) is 69.9 Å². The number of halogens is 1. The first-order chi connectivity index (χ1) is 18.7. The van der Waals surface area contributed by atoms with E-state index in [0.717, 1.165) is 40.9 Å². The summed E-state index contributed by atoms with van der Waals surface area (Å²) in [4.78, 5) is 34.9. The number of nitrogens with one attached hydrogen (secondary N) is 3. The minimum absolute atomic E-state index is 0.0137. The Kier molecular flexibility index (Phi) is 7.46. The average molecular weight is 549 g/mol. The van der Waals surface area contributed by atoms with Crippen molar-refractivity contribution >= 4 is 46.6 Å². The molecule has 2 aliphatic heterocycles. The molecule has 0 spiro atoms. The van der Waals surface area contributed by atoms with Gasteiger partial charge in [0.05, 0.1) is 11.6 Å². The summed E-state index contributed by atoms with van der Waals surface area (Å²) >= 11 is 6.42. The molecule has 9 nitrogen and oxygen atoms in total. The Hall–Kier alpha value is -3.69. The van der Waals surface area contributed by atoms with Crippen LogP contribution >= 0.6 is 11.6 Å². The Morgan fingerprint density at radius 3 is 2.72 bits per heavy atom. The van der Waals surface area contributed by atoms with Crippen LogP contribution in [0.2, 0.25) is 5.02 Å². The van der Waals surface area contributed by atoms with E-state index in [2.05, 4.69) is 38.1 Å². The second-order valence-electron chi connectivity index (χ2n) is 10.7. The Balaban J connectivity index is 1.27. The first kappa shape index (κ1) is 26.9. The van der Waals surface area contributed by atoms with Gasteiger partial charge in [-0.3, -0.25) is 9.59 Å². The predicted octanol–water partition coefficient (Wildman–Crippen LogP) is 4.72. The number of rotatable bonds is 7. The minimum Gasteiger partial charge on any atom is -0.387 e. The number of amides is 2. The Labute approximate surface area is 233 Å². The SMILES string of the molecule is Cc1cc(C2CCN(C(=O)CO)CC2)ccc1Nc1ncc(Cl)c(NCc2cccc3c2C(C)(C)C(=O)N3)n1. The quantitative estimate of drug-likeness (QED) is 0.337. The van der Waals surface area contributed by atoms with Crippen molar-refractivity contribution in [2.24, 2.45) is 0 Å². The number of carbonyl (C=O) groups excluding carboxylic acids is 2. The Morgan fingerprint density at radius 2 is 2.00 bits per heavy atom. The fourth-order valence-corrected chi connectivity index (χ4v) is 5.63. The summed E-state index contributed by atoms with van der Waals surface area (Å²) in [6.45, 7) is 7.23. The number of likely N-dealkylation sites (tertiary alicyclic amines) is 1. The maximum Gasteiger partial charge on any atom is 0.248 e. The molecule has 0 aliphatic carbocycles. The zero-order valence-corrected chi connectivity index (χ0v) is 23.1. The average Bonchev–Trinajstić information content (AvgIpc) is 3.17. The lowest BCUT2D eigenvalue weighted by atomic mass is 9.83. The van der Waals surface area contributed by atoms with E-state index >= 15 is 0 Å². The molecule has 1 fully saturated rings. The van der Waals surface area contributed by atoms with Crippen LogP contribution in [0.1, 0.15) is 54.9 Å². The third-order valence-corrected chi connectivity index (χ3v) is 8.01. The molecule has 0 radical (unpaired) electrons. The van der Waals surface area contributed by atoms with Crippen LogP contribution in [0.3, 0.4) is 0 Å². The molecule has 204 valence electrons. The molecule has 4 N–H and O–H groups in total. The molecule has 0 bridgehead atoms. The number of aliphatic hydroxyl groups is 1. The van der Waals surface area contributed by atoms with E-state index in [9.17, 15) is 9.59 Å². The molecule has 10 heteroatoms. The van der Waals surface area contributed by atoms with Gasteiger partial charge in [-0.15, -0.1) is 0 Å². The summed E-state index contributed by atoms with van der Waals surface area (Å²) in [5, 5.41) is 19.1. The molecule has 1 saturated heterocycles. The van der Waals surface area contributed by atoms with Crippen LogP contribution in [0.5, 0.6) is 0 Å². The summed E-state index contributed by atoms with van der Waals surface area (Å²) in [7, 11) is 0. The van der Waals surface area contributed by atoms with E-state index in [1.807, 2.05) is 45.0 Å². The highest BCUT2D eigenvalue weighted by Gasteiger charge is 2.39. The van der Waals surface area contributed by atoms with Gasteiger partial charge >= 0.3 is 0 Å². The van der Waals surface area contributed by atoms with Crippen LogP contribution in [-0.2, 0) is 21.5 Å². The van der Waals surface area contributed by atoms with Crippen molar-refractivity contribution in [3.63, 3.8) is 0 Å². The van der Waals surface area contributed by atoms with Crippen molar-refractivity contribution in [2.45, 2.75) is 51.5 Å². The van der Waals surface area contributed by atoms with Gasteiger partial charge in [-0.2, -0.15) is 4.98 Å². The molecule has 3 aromatic rings. The standard InChI is InChI=1S/C29H33ClN6O3/c1-17-13-19(18-9-11-36(12-10-18)24(38)16-37)7-8-22(17)34-28-32-15-21(30)26(35-28)31-14-20-5-4-6-23-25(20)29(2,3)27(39)33-23/h4-8,13,15,18,37H,9-12,14,16H2,1-3H3,(H,33,39)(H2,31,32,34,35). The highest BCUT2D eigenvalue weighted by molar-refractivity contribution is 6.32. The van der Waals surface area contributed by atoms with E-state index in [0.29, 0.717) is 42.3 Å². The molecule has 2 amide bonds. The largest absolute Gasteiger partial charge is 0.387 e. The van der Waals surface area contributed by atoms with E-state index < -0.39 is 12.0 Å². The zero-order valence-electron chi connectivity index (χ0n) is 22.3. The number of nitrogens with zero attached hydrogens (tertiary/aromatic N) is 3. The lowest BCUT2D eigenvalue weighted by Gasteiger charge is -2.32. The molecule has 0 unspecified atom stereocenters. The number of hydrogen-bond acceptors (Lipinski definition) is 7. The summed E-state index contributed by atoms with van der Waals surface area (Å²) in [5.74, 6) is 1.08. The summed E-state index contributed by atoms with van der Waals surface area (Å²) in [6.07, 6.45) is 3.31. The van der Waals surface area contributed by atoms with Crippen molar-refractivity contribution < 1.29 is 14.7 Å². The van der Waals surface area contributed by atoms with Gasteiger partial charge in [-0.1, -0.05) is 35.9 Å². The molecule has 2 aliphatic rings. The maximum atomic E-state index is 12.4. The van der Waals surface area contributed by atoms with Crippen molar-refractivity contribution in [3.8, 4) is 0 Å². The number of aromatic nitrogens is 2. The Bertz CT molecular complexity index is 1420. The molecule has 5 rings (SSSR count). The lowest BCUT2D eigenvalue weighted by Crippen LogP contribution is -2.39. The first-order valence-corrected chi connectivity index (χ1v) is 13.5. The van der Waals surface area contributed by atoms with Crippen LogP contribution in [0.15, 0.2) is 42.6 Å². The van der Waals surface area contributed by atoms with Gasteiger partial charge in [0.25, 0.3) is 0 Å². The van der Waals surface area contributed by atoms with Gasteiger partial charge in [0.2, 0.25) is 17.8 Å². The molecule has 1 aromatic heterocycles. The smallest absolute Gasteiger partial charge is 0.248 e. The van der Waals surface area contributed by atoms with E-state index in [1.54, 1.807) is 11.1 Å². The van der Waals surface area contributed by atoms with Crippen molar-refractivity contribution in [1.29, 1.82) is 0 Å². The fourth-order valence-electron chi connectivity index (χ4n) is 5.48. The number of anilines is 4. The number of piperidine rings is 1. The van der Waals surface area contributed by atoms with Gasteiger partial charge in [0, 0.05) is 31.0 Å². The normalized spacial score (nSPS) is 16.5. The summed E-state index contributed by atoms with van der Waals surface area (Å²) in [6, 6.07) is 12.1. The number of aryl methyl sites for hydroxylation is 1. The molecule has 0 atom stereocenters. The van der Waals surface area contributed by atoms with Crippen molar-refractivity contribution in [2.75, 3.05) is 35.6 Å². The van der Waals surface area contributed by atoms with E-state index in [-0.39, 0.29) is 11.8 Å². The first-order valence-electron chi connectivity index (χ1n) is 13.1. The predicted molar refractivity (Wildman–Crippen MR) is 153 cm³/mol. The van der Waals surface area contributed by atoms with Crippen molar-refractivity contribution in [1.82, 2.24) is 14.9 Å². The third-order valence-electron chi connectivity index (χ3n) is 7.73. The zero-order chi connectivity index (χ0) is 27.7. The summed E-state index contributed by atoms with van der Waals surface area (Å²) in [5.41, 5.74) is 5.39. The van der Waals surface area contributed by atoms with Gasteiger partial charge in [-0.05, 0) is 73.9 Å². The molecular formula is C29H33ClN6O3. The maximum absolute atomic E-state index is 12.4. The number of aliphatic hydroxyl groups excluding tert-OH is 1. The molecule has 3 heterocycles. The second-order valence-corrected chi connectivity index (χ2v) is 11.1. The number of hydrogen-bond donors (Lipinski definition) is 4. The van der Waals surface area contributed by atoms with Gasteiger partial charge in [0.1, 0.15) is 11.6 Å². The Morgan fingerprint density at radius 1 is 1.23 bits per heavy atom. The third kappa shape index (κ3) is 5.42.